The summed E-state index contributed by atoms with van der Waals surface area (Å²) >= 11 is 0. The Bertz CT molecular complexity index is 1050. The van der Waals surface area contributed by atoms with Crippen LogP contribution in [0.1, 0.15) is 35.8 Å². The fourth-order valence-electron chi connectivity index (χ4n) is 3.91. The van der Waals surface area contributed by atoms with Crippen LogP contribution < -0.4 is 10.1 Å². The highest BCUT2D eigenvalue weighted by molar-refractivity contribution is 5.48. The van der Waals surface area contributed by atoms with E-state index in [9.17, 15) is 17.6 Å². The molecule has 1 aromatic heterocycles. The molecule has 1 saturated heterocycles. The van der Waals surface area contributed by atoms with Crippen molar-refractivity contribution in [3.63, 3.8) is 0 Å². The number of nitrogens with zero attached hydrogens (tertiary/aromatic N) is 4. The third-order valence-corrected chi connectivity index (χ3v) is 5.29. The van der Waals surface area contributed by atoms with Crippen LogP contribution in [0, 0.1) is 18.2 Å². The molecule has 6 nitrogen and oxygen atoms in total. The molecule has 31 heavy (non-hydrogen) atoms. The Labute approximate surface area is 176 Å². The molecule has 0 bridgehead atoms. The summed E-state index contributed by atoms with van der Waals surface area (Å²) in [6.45, 7) is 0.794. The van der Waals surface area contributed by atoms with E-state index in [0.717, 1.165) is 24.9 Å². The molecule has 3 aromatic rings. The number of ether oxygens (including phenoxy) is 1. The molecule has 0 spiro atoms. The lowest BCUT2D eigenvalue weighted by molar-refractivity contribution is -0.146. The molecule has 1 aliphatic heterocycles. The van der Waals surface area contributed by atoms with Gasteiger partial charge in [0.05, 0.1) is 12.8 Å². The van der Waals surface area contributed by atoms with Crippen molar-refractivity contribution in [2.24, 2.45) is 5.92 Å². The SMILES string of the molecule is COc1ccc(-n2nnnc2C(F)(F)F)cc1[CH][C@@H]1CCCN[C@@H]1c1cccc(F)c1. The minimum absolute atomic E-state index is 0.0179. The van der Waals surface area contributed by atoms with Gasteiger partial charge in [0.15, 0.2) is 0 Å². The highest BCUT2D eigenvalue weighted by Crippen LogP contribution is 2.37. The van der Waals surface area contributed by atoms with Crippen molar-refractivity contribution in [1.29, 1.82) is 0 Å². The predicted molar refractivity (Wildman–Crippen MR) is 104 cm³/mol. The minimum Gasteiger partial charge on any atom is -0.496 e. The Hall–Kier alpha value is -3.01. The summed E-state index contributed by atoms with van der Waals surface area (Å²) in [5, 5.41) is 13.2. The van der Waals surface area contributed by atoms with Crippen LogP contribution in [0.25, 0.3) is 5.69 Å². The zero-order valence-corrected chi connectivity index (χ0v) is 16.6. The van der Waals surface area contributed by atoms with E-state index in [1.165, 1.54) is 25.3 Å². The van der Waals surface area contributed by atoms with Crippen LogP contribution in [0.4, 0.5) is 17.6 Å². The number of nitrogens with one attached hydrogen (secondary N) is 1. The molecule has 0 saturated carbocycles. The monoisotopic (exact) mass is 434 g/mol. The van der Waals surface area contributed by atoms with Crippen LogP contribution in [0.3, 0.4) is 0 Å². The normalized spacial score (nSPS) is 19.4. The molecule has 1 fully saturated rings. The standard InChI is InChI=1S/C21H20F4N5O/c1-31-18-8-7-17(30-20(21(23,24)25)27-28-29-30)12-15(18)10-13-5-3-9-26-19(13)14-4-2-6-16(22)11-14/h2,4,6-8,10-13,19,26H,3,5,9H2,1H3/t13-,19-/m0/s1. The van der Waals surface area contributed by atoms with E-state index in [0.29, 0.717) is 16.0 Å². The quantitative estimate of drug-likeness (QED) is 0.612. The van der Waals surface area contributed by atoms with Crippen LogP contribution in [-0.4, -0.2) is 33.9 Å². The van der Waals surface area contributed by atoms with E-state index in [1.54, 1.807) is 18.2 Å². The van der Waals surface area contributed by atoms with Crippen molar-refractivity contribution in [2.45, 2.75) is 25.1 Å². The largest absolute Gasteiger partial charge is 0.496 e. The molecule has 1 aliphatic rings. The van der Waals surface area contributed by atoms with Crippen molar-refractivity contribution in [3.8, 4) is 11.4 Å². The average molecular weight is 434 g/mol. The van der Waals surface area contributed by atoms with Gasteiger partial charge in [-0.25, -0.2) is 4.39 Å². The number of methoxy groups -OCH3 is 1. The van der Waals surface area contributed by atoms with Crippen LogP contribution in [0.5, 0.6) is 5.75 Å². The molecule has 0 aliphatic carbocycles. The van der Waals surface area contributed by atoms with E-state index < -0.39 is 12.0 Å². The number of halogens is 4. The van der Waals surface area contributed by atoms with Gasteiger partial charge < -0.3 is 10.1 Å². The van der Waals surface area contributed by atoms with Crippen LogP contribution in [0.15, 0.2) is 42.5 Å². The van der Waals surface area contributed by atoms with Gasteiger partial charge in [0, 0.05) is 11.6 Å². The first-order chi connectivity index (χ1) is 14.9. The van der Waals surface area contributed by atoms with Gasteiger partial charge in [0.25, 0.3) is 5.82 Å². The van der Waals surface area contributed by atoms with E-state index >= 15 is 0 Å². The molecular formula is C21H20F4N5O. The maximum absolute atomic E-state index is 13.8. The Kier molecular flexibility index (Phi) is 5.90. The smallest absolute Gasteiger partial charge is 0.453 e. The number of rotatable bonds is 5. The Balaban J connectivity index is 1.67. The van der Waals surface area contributed by atoms with Crippen molar-refractivity contribution in [1.82, 2.24) is 25.5 Å². The molecule has 2 atom stereocenters. The van der Waals surface area contributed by atoms with E-state index in [2.05, 4.69) is 20.8 Å². The first-order valence-corrected chi connectivity index (χ1v) is 9.74. The van der Waals surface area contributed by atoms with Gasteiger partial charge in [-0.15, -0.1) is 5.10 Å². The molecule has 2 aromatic carbocycles. The van der Waals surface area contributed by atoms with Crippen molar-refractivity contribution >= 4 is 0 Å². The minimum atomic E-state index is -4.69. The number of alkyl halides is 3. The fraction of sp³-hybridized carbons (Fsp3) is 0.333. The average Bonchev–Trinajstić information content (AvgIpc) is 3.25. The van der Waals surface area contributed by atoms with Crippen molar-refractivity contribution in [2.75, 3.05) is 13.7 Å². The molecule has 1 radical (unpaired) electrons. The van der Waals surface area contributed by atoms with Gasteiger partial charge >= 0.3 is 6.18 Å². The first-order valence-electron chi connectivity index (χ1n) is 9.74. The van der Waals surface area contributed by atoms with Crippen LogP contribution in [0.2, 0.25) is 0 Å². The lowest BCUT2D eigenvalue weighted by Gasteiger charge is -2.33. The first kappa shape index (κ1) is 21.2. The number of piperidine rings is 1. The Morgan fingerprint density at radius 3 is 2.77 bits per heavy atom. The summed E-state index contributed by atoms with van der Waals surface area (Å²) in [5.41, 5.74) is 1.59. The predicted octanol–water partition coefficient (Wildman–Crippen LogP) is 4.12. The van der Waals surface area contributed by atoms with E-state index in [1.807, 2.05) is 12.5 Å². The molecule has 10 heteroatoms. The second-order valence-electron chi connectivity index (χ2n) is 7.30. The molecule has 1 N–H and O–H groups in total. The van der Waals surface area contributed by atoms with Crippen molar-refractivity contribution in [3.05, 3.63) is 71.7 Å². The summed E-state index contributed by atoms with van der Waals surface area (Å²) in [6, 6.07) is 10.9. The Morgan fingerprint density at radius 2 is 2.03 bits per heavy atom. The fourth-order valence-corrected chi connectivity index (χ4v) is 3.91. The summed E-state index contributed by atoms with van der Waals surface area (Å²) < 4.78 is 59.5. The van der Waals surface area contributed by atoms with Gasteiger partial charge in [0.2, 0.25) is 0 Å². The van der Waals surface area contributed by atoms with Crippen LogP contribution >= 0.6 is 0 Å². The van der Waals surface area contributed by atoms with Gasteiger partial charge in [-0.2, -0.15) is 17.9 Å². The Morgan fingerprint density at radius 1 is 1.19 bits per heavy atom. The van der Waals surface area contributed by atoms with E-state index in [-0.39, 0.29) is 23.5 Å². The zero-order chi connectivity index (χ0) is 22.0. The topological polar surface area (TPSA) is 64.9 Å². The highest BCUT2D eigenvalue weighted by atomic mass is 19.4. The maximum atomic E-state index is 13.8. The highest BCUT2D eigenvalue weighted by Gasteiger charge is 2.38. The molecular weight excluding hydrogens is 414 g/mol. The molecule has 2 heterocycles. The number of aromatic nitrogens is 4. The summed E-state index contributed by atoms with van der Waals surface area (Å²) in [6.07, 6.45) is -0.995. The molecule has 4 rings (SSSR count). The maximum Gasteiger partial charge on any atom is 0.453 e. The van der Waals surface area contributed by atoms with Gasteiger partial charge in [-0.3, -0.25) is 0 Å². The lowest BCUT2D eigenvalue weighted by atomic mass is 9.82. The molecule has 0 unspecified atom stereocenters. The van der Waals surface area contributed by atoms with Gasteiger partial charge in [-0.1, -0.05) is 12.1 Å². The second kappa shape index (κ2) is 8.62. The number of hydrogen-bond donors (Lipinski definition) is 1. The molecule has 0 amide bonds. The summed E-state index contributed by atoms with van der Waals surface area (Å²) in [5.74, 6) is -1.04. The molecule has 163 valence electrons. The summed E-state index contributed by atoms with van der Waals surface area (Å²) in [7, 11) is 1.49. The van der Waals surface area contributed by atoms with Gasteiger partial charge in [-0.05, 0) is 78.0 Å². The van der Waals surface area contributed by atoms with Gasteiger partial charge in [0.1, 0.15) is 11.6 Å². The third kappa shape index (κ3) is 4.53. The van der Waals surface area contributed by atoms with Crippen LogP contribution in [-0.2, 0) is 6.18 Å². The number of tetrazole rings is 1. The number of hydrogen-bond acceptors (Lipinski definition) is 5. The third-order valence-electron chi connectivity index (χ3n) is 5.29. The van der Waals surface area contributed by atoms with E-state index in [4.69, 9.17) is 4.74 Å². The zero-order valence-electron chi connectivity index (χ0n) is 16.6. The number of benzene rings is 2. The summed E-state index contributed by atoms with van der Waals surface area (Å²) in [4.78, 5) is 0. The van der Waals surface area contributed by atoms with Crippen molar-refractivity contribution < 1.29 is 22.3 Å². The second-order valence-corrected chi connectivity index (χ2v) is 7.30. The lowest BCUT2D eigenvalue weighted by Crippen LogP contribution is -2.34.